The Kier molecular flexibility index (Phi) is 5.20. The van der Waals surface area contributed by atoms with Gasteiger partial charge in [0.2, 0.25) is 0 Å². The van der Waals surface area contributed by atoms with Gasteiger partial charge in [-0.05, 0) is 38.3 Å². The van der Waals surface area contributed by atoms with Crippen molar-refractivity contribution in [2.75, 3.05) is 0 Å². The Balaban J connectivity index is 1.85. The first-order valence-corrected chi connectivity index (χ1v) is 7.32. The van der Waals surface area contributed by atoms with Crippen LogP contribution in [-0.4, -0.2) is 30.1 Å². The number of carbonyl (C=O) groups is 2. The lowest BCUT2D eigenvalue weighted by atomic mass is 10.2. The lowest BCUT2D eigenvalue weighted by Crippen LogP contribution is -2.40. The van der Waals surface area contributed by atoms with E-state index >= 15 is 0 Å². The fourth-order valence-corrected chi connectivity index (χ4v) is 1.81. The van der Waals surface area contributed by atoms with Crippen LogP contribution in [0, 0.1) is 0 Å². The number of esters is 1. The van der Waals surface area contributed by atoms with Gasteiger partial charge in [0.15, 0.2) is 12.2 Å². The van der Waals surface area contributed by atoms with Crippen molar-refractivity contribution in [3.63, 3.8) is 0 Å². The fraction of sp³-hybridized carbons (Fsp3) is 0.500. The van der Waals surface area contributed by atoms with Gasteiger partial charge in [-0.1, -0.05) is 25.1 Å². The van der Waals surface area contributed by atoms with Crippen LogP contribution in [0.5, 0.6) is 5.75 Å². The molecule has 5 nitrogen and oxygen atoms in total. The summed E-state index contributed by atoms with van der Waals surface area (Å²) in [5, 5.41) is 2.81. The molecule has 2 atom stereocenters. The molecule has 2 rings (SSSR count). The molecule has 0 saturated heterocycles. The van der Waals surface area contributed by atoms with Gasteiger partial charge in [0.05, 0.1) is 0 Å². The van der Waals surface area contributed by atoms with Crippen LogP contribution in [0.1, 0.15) is 33.1 Å². The third kappa shape index (κ3) is 4.77. The lowest BCUT2D eigenvalue weighted by molar-refractivity contribution is -0.161. The van der Waals surface area contributed by atoms with Gasteiger partial charge in [-0.15, -0.1) is 0 Å². The largest absolute Gasteiger partial charge is 0.479 e. The first-order valence-electron chi connectivity index (χ1n) is 7.32. The van der Waals surface area contributed by atoms with Crippen LogP contribution in [0.2, 0.25) is 0 Å². The SMILES string of the molecule is CC[C@@H](Oc1ccccc1)C(=O)O[C@H](C)C(=O)NC1CC1. The lowest BCUT2D eigenvalue weighted by Gasteiger charge is -2.19. The number of nitrogens with one attached hydrogen (secondary N) is 1. The van der Waals surface area contributed by atoms with Crippen LogP contribution in [0.15, 0.2) is 30.3 Å². The molecule has 0 unspecified atom stereocenters. The summed E-state index contributed by atoms with van der Waals surface area (Å²) >= 11 is 0. The minimum Gasteiger partial charge on any atom is -0.479 e. The van der Waals surface area contributed by atoms with Crippen molar-refractivity contribution in [3.8, 4) is 5.75 Å². The van der Waals surface area contributed by atoms with Gasteiger partial charge in [0.25, 0.3) is 5.91 Å². The van der Waals surface area contributed by atoms with E-state index in [4.69, 9.17) is 9.47 Å². The molecule has 0 heterocycles. The zero-order valence-corrected chi connectivity index (χ0v) is 12.4. The van der Waals surface area contributed by atoms with E-state index < -0.39 is 18.2 Å². The van der Waals surface area contributed by atoms with E-state index in [1.54, 1.807) is 19.1 Å². The fourth-order valence-electron chi connectivity index (χ4n) is 1.81. The molecule has 21 heavy (non-hydrogen) atoms. The molecule has 1 saturated carbocycles. The monoisotopic (exact) mass is 291 g/mol. The number of carbonyl (C=O) groups excluding carboxylic acids is 2. The van der Waals surface area contributed by atoms with Crippen LogP contribution in [0.4, 0.5) is 0 Å². The van der Waals surface area contributed by atoms with Crippen LogP contribution in [0.25, 0.3) is 0 Å². The standard InChI is InChI=1S/C16H21NO4/c1-3-14(21-13-7-5-4-6-8-13)16(19)20-11(2)15(18)17-12-9-10-12/h4-8,11-12,14H,3,9-10H2,1-2H3,(H,17,18)/t11-,14-/m1/s1. The molecule has 0 bridgehead atoms. The third-order valence-corrected chi connectivity index (χ3v) is 3.24. The van der Waals surface area contributed by atoms with Crippen molar-refractivity contribution in [2.24, 2.45) is 0 Å². The average molecular weight is 291 g/mol. The molecule has 1 amide bonds. The number of hydrogen-bond acceptors (Lipinski definition) is 4. The topological polar surface area (TPSA) is 64.6 Å². The molecule has 0 spiro atoms. The molecule has 1 aromatic carbocycles. The minimum atomic E-state index is -0.800. The van der Waals surface area contributed by atoms with Crippen LogP contribution < -0.4 is 10.1 Å². The summed E-state index contributed by atoms with van der Waals surface area (Å²) in [6.45, 7) is 3.41. The summed E-state index contributed by atoms with van der Waals surface area (Å²) in [6.07, 6.45) is 0.975. The van der Waals surface area contributed by atoms with E-state index in [0.29, 0.717) is 12.2 Å². The second-order valence-electron chi connectivity index (χ2n) is 5.19. The highest BCUT2D eigenvalue weighted by Gasteiger charge is 2.29. The van der Waals surface area contributed by atoms with E-state index in [1.807, 2.05) is 25.1 Å². The molecule has 114 valence electrons. The average Bonchev–Trinajstić information content (AvgIpc) is 3.29. The second-order valence-corrected chi connectivity index (χ2v) is 5.19. The predicted octanol–water partition coefficient (Wildman–Crippen LogP) is 2.05. The summed E-state index contributed by atoms with van der Waals surface area (Å²) in [5.41, 5.74) is 0. The Bertz CT molecular complexity index is 484. The number of rotatable bonds is 7. The Labute approximate surface area is 124 Å². The summed E-state index contributed by atoms with van der Waals surface area (Å²) in [7, 11) is 0. The van der Waals surface area contributed by atoms with Crippen molar-refractivity contribution in [2.45, 2.75) is 51.4 Å². The maximum atomic E-state index is 12.1. The zero-order valence-electron chi connectivity index (χ0n) is 12.4. The molecule has 0 aliphatic heterocycles. The van der Waals surface area contributed by atoms with Crippen LogP contribution in [0.3, 0.4) is 0 Å². The van der Waals surface area contributed by atoms with Gasteiger partial charge in [-0.3, -0.25) is 4.79 Å². The maximum absolute atomic E-state index is 12.1. The number of ether oxygens (including phenoxy) is 2. The number of benzene rings is 1. The molecule has 1 aliphatic carbocycles. The van der Waals surface area contributed by atoms with Gasteiger partial charge in [0, 0.05) is 6.04 Å². The van der Waals surface area contributed by atoms with Crippen molar-refractivity contribution >= 4 is 11.9 Å². The van der Waals surface area contributed by atoms with Crippen molar-refractivity contribution in [1.29, 1.82) is 0 Å². The van der Waals surface area contributed by atoms with Crippen LogP contribution >= 0.6 is 0 Å². The smallest absolute Gasteiger partial charge is 0.348 e. The van der Waals surface area contributed by atoms with E-state index in [0.717, 1.165) is 12.8 Å². The van der Waals surface area contributed by atoms with Gasteiger partial charge >= 0.3 is 5.97 Å². The van der Waals surface area contributed by atoms with Crippen molar-refractivity contribution < 1.29 is 19.1 Å². The molecule has 1 aliphatic rings. The molecule has 1 N–H and O–H groups in total. The highest BCUT2D eigenvalue weighted by atomic mass is 16.6. The van der Waals surface area contributed by atoms with Crippen LogP contribution in [-0.2, 0) is 14.3 Å². The zero-order chi connectivity index (χ0) is 15.2. The molecule has 1 fully saturated rings. The summed E-state index contributed by atoms with van der Waals surface area (Å²) in [6, 6.07) is 9.34. The maximum Gasteiger partial charge on any atom is 0.348 e. The van der Waals surface area contributed by atoms with E-state index in [1.165, 1.54) is 0 Å². The highest BCUT2D eigenvalue weighted by molar-refractivity contribution is 5.85. The van der Waals surface area contributed by atoms with E-state index in [2.05, 4.69) is 5.32 Å². The molecule has 1 aromatic rings. The summed E-state index contributed by atoms with van der Waals surface area (Å²) in [4.78, 5) is 23.8. The Morgan fingerprint density at radius 2 is 1.95 bits per heavy atom. The minimum absolute atomic E-state index is 0.250. The first-order chi connectivity index (χ1) is 10.1. The molecule has 5 heteroatoms. The number of para-hydroxylation sites is 1. The molecule has 0 aromatic heterocycles. The predicted molar refractivity (Wildman–Crippen MR) is 77.9 cm³/mol. The molecule has 0 radical (unpaired) electrons. The van der Waals surface area contributed by atoms with Crippen molar-refractivity contribution in [3.05, 3.63) is 30.3 Å². The summed E-state index contributed by atoms with van der Waals surface area (Å²) in [5.74, 6) is -0.156. The quantitative estimate of drug-likeness (QED) is 0.781. The van der Waals surface area contributed by atoms with Gasteiger partial charge in [-0.2, -0.15) is 0 Å². The van der Waals surface area contributed by atoms with Gasteiger partial charge < -0.3 is 14.8 Å². The van der Waals surface area contributed by atoms with Crippen molar-refractivity contribution in [1.82, 2.24) is 5.32 Å². The van der Waals surface area contributed by atoms with Gasteiger partial charge in [-0.25, -0.2) is 4.79 Å². The summed E-state index contributed by atoms with van der Waals surface area (Å²) < 4.78 is 10.8. The Morgan fingerprint density at radius 1 is 1.29 bits per heavy atom. The van der Waals surface area contributed by atoms with Gasteiger partial charge in [0.1, 0.15) is 5.75 Å². The third-order valence-electron chi connectivity index (χ3n) is 3.24. The highest BCUT2D eigenvalue weighted by Crippen LogP contribution is 2.19. The number of hydrogen-bond donors (Lipinski definition) is 1. The van der Waals surface area contributed by atoms with E-state index in [-0.39, 0.29) is 11.9 Å². The first kappa shape index (κ1) is 15.4. The molecular weight excluding hydrogens is 270 g/mol. The molecular formula is C16H21NO4. The second kappa shape index (κ2) is 7.11. The Hall–Kier alpha value is -2.04. The van der Waals surface area contributed by atoms with E-state index in [9.17, 15) is 9.59 Å². The Morgan fingerprint density at radius 3 is 2.52 bits per heavy atom. The number of amides is 1. The normalized spacial score (nSPS) is 16.7.